The molecule has 0 saturated heterocycles. The van der Waals surface area contributed by atoms with Crippen molar-refractivity contribution in [2.45, 2.75) is 51.4 Å². The van der Waals surface area contributed by atoms with E-state index in [4.69, 9.17) is 0 Å². The lowest BCUT2D eigenvalue weighted by molar-refractivity contribution is 0.428. The number of hydrogen-bond acceptors (Lipinski definition) is 1. The molecule has 0 radical (unpaired) electrons. The number of aromatic hydroxyl groups is 1. The summed E-state index contributed by atoms with van der Waals surface area (Å²) in [6, 6.07) is 9.90. The Morgan fingerprint density at radius 1 is 0.889 bits per heavy atom. The zero-order valence-electron chi connectivity index (χ0n) is 15.4. The number of unbranched alkanes of at least 4 members (excludes halogenated alkanes) is 3. The lowest BCUT2D eigenvalue weighted by atomic mass is 9.89. The van der Waals surface area contributed by atoms with Gasteiger partial charge in [-0.15, -0.1) is 0 Å². The molecule has 1 N–H and O–H groups in total. The average molecular weight is 435 g/mol. The Balaban J connectivity index is 2.01. The van der Waals surface area contributed by atoms with Crippen molar-refractivity contribution in [3.8, 4) is 5.75 Å². The maximum absolute atomic E-state index is 14.6. The van der Waals surface area contributed by atoms with Gasteiger partial charge in [-0.3, -0.25) is 0 Å². The van der Waals surface area contributed by atoms with E-state index in [-0.39, 0.29) is 11.6 Å². The van der Waals surface area contributed by atoms with Crippen LogP contribution in [0, 0.1) is 11.6 Å². The van der Waals surface area contributed by atoms with E-state index in [0.29, 0.717) is 12.0 Å². The Bertz CT molecular complexity index is 812. The van der Waals surface area contributed by atoms with Crippen LogP contribution in [0.1, 0.15) is 61.6 Å². The van der Waals surface area contributed by atoms with E-state index in [1.165, 1.54) is 30.2 Å². The molecule has 3 rings (SSSR count). The molecule has 0 spiro atoms. The Morgan fingerprint density at radius 2 is 1.63 bits per heavy atom. The molecule has 144 valence electrons. The Kier molecular flexibility index (Phi) is 7.06. The second-order valence-corrected chi connectivity index (χ2v) is 7.89. The summed E-state index contributed by atoms with van der Waals surface area (Å²) in [7, 11) is 0. The summed E-state index contributed by atoms with van der Waals surface area (Å²) in [6.07, 6.45) is 7.60. The molecule has 2 aromatic carbocycles. The first kappa shape index (κ1) is 20.1. The van der Waals surface area contributed by atoms with Crippen LogP contribution in [0.5, 0.6) is 5.75 Å². The van der Waals surface area contributed by atoms with Gasteiger partial charge in [-0.2, -0.15) is 0 Å². The van der Waals surface area contributed by atoms with Crippen LogP contribution in [-0.2, 0) is 6.42 Å². The fraction of sp³-hybridized carbons (Fsp3) is 0.391. The summed E-state index contributed by atoms with van der Waals surface area (Å²) in [4.78, 5) is 0. The van der Waals surface area contributed by atoms with Crippen LogP contribution in [0.15, 0.2) is 36.4 Å². The van der Waals surface area contributed by atoms with Crippen molar-refractivity contribution < 1.29 is 13.9 Å². The summed E-state index contributed by atoms with van der Waals surface area (Å²) in [5.41, 5.74) is 4.85. The van der Waals surface area contributed by atoms with Crippen LogP contribution in [0.4, 0.5) is 8.78 Å². The predicted octanol–water partition coefficient (Wildman–Crippen LogP) is 7.26. The minimum absolute atomic E-state index is 0.249. The van der Waals surface area contributed by atoms with Crippen LogP contribution in [0.3, 0.4) is 0 Å². The van der Waals surface area contributed by atoms with Gasteiger partial charge in [0, 0.05) is 5.33 Å². The van der Waals surface area contributed by atoms with Gasteiger partial charge in [0.2, 0.25) is 0 Å². The number of phenols is 1. The fourth-order valence-corrected chi connectivity index (χ4v) is 4.29. The van der Waals surface area contributed by atoms with Gasteiger partial charge >= 0.3 is 0 Å². The van der Waals surface area contributed by atoms with Gasteiger partial charge in [0.15, 0.2) is 11.6 Å². The summed E-state index contributed by atoms with van der Waals surface area (Å²) in [6.45, 7) is 0. The largest absolute Gasteiger partial charge is 0.505 e. The first-order valence-electron chi connectivity index (χ1n) is 9.66. The van der Waals surface area contributed by atoms with Crippen molar-refractivity contribution in [2.75, 3.05) is 5.33 Å². The van der Waals surface area contributed by atoms with Gasteiger partial charge < -0.3 is 5.11 Å². The predicted molar refractivity (Wildman–Crippen MR) is 111 cm³/mol. The van der Waals surface area contributed by atoms with E-state index in [2.05, 4.69) is 15.9 Å². The summed E-state index contributed by atoms with van der Waals surface area (Å²) < 4.78 is 28.0. The Hall–Kier alpha value is -1.68. The molecule has 2 aromatic rings. The van der Waals surface area contributed by atoms with Gasteiger partial charge in [0.25, 0.3) is 0 Å². The van der Waals surface area contributed by atoms with Crippen LogP contribution < -0.4 is 0 Å². The van der Waals surface area contributed by atoms with Crippen molar-refractivity contribution in [1.29, 1.82) is 0 Å². The zero-order valence-corrected chi connectivity index (χ0v) is 17.0. The molecule has 0 fully saturated rings. The minimum Gasteiger partial charge on any atom is -0.505 e. The molecule has 1 aliphatic carbocycles. The van der Waals surface area contributed by atoms with E-state index < -0.39 is 5.82 Å². The third-order valence-electron chi connectivity index (χ3n) is 5.27. The Labute approximate surface area is 168 Å². The molecule has 0 bridgehead atoms. The maximum Gasteiger partial charge on any atom is 0.168 e. The SMILES string of the molecule is Oc1ccc2c(c1F)CCCC(c1ccc(F)cc1)=C2CCCCCCBr. The average Bonchev–Trinajstić information content (AvgIpc) is 2.85. The van der Waals surface area contributed by atoms with Crippen molar-refractivity contribution in [3.05, 3.63) is 64.7 Å². The molecule has 1 aliphatic rings. The number of hydrogen-bond donors (Lipinski definition) is 1. The summed E-state index contributed by atoms with van der Waals surface area (Å²) in [5.74, 6) is -1.03. The van der Waals surface area contributed by atoms with E-state index >= 15 is 0 Å². The lowest BCUT2D eigenvalue weighted by Crippen LogP contribution is -1.98. The summed E-state index contributed by atoms with van der Waals surface area (Å²) >= 11 is 3.47. The molecule has 0 heterocycles. The van der Waals surface area contributed by atoms with Crippen LogP contribution in [0.2, 0.25) is 0 Å². The zero-order chi connectivity index (χ0) is 19.2. The van der Waals surface area contributed by atoms with Crippen molar-refractivity contribution in [1.82, 2.24) is 0 Å². The van der Waals surface area contributed by atoms with Gasteiger partial charge in [0.1, 0.15) is 5.82 Å². The topological polar surface area (TPSA) is 20.2 Å². The fourth-order valence-electron chi connectivity index (χ4n) is 3.90. The molecule has 0 unspecified atom stereocenters. The highest BCUT2D eigenvalue weighted by Gasteiger charge is 2.22. The normalized spacial score (nSPS) is 14.2. The number of benzene rings is 2. The third kappa shape index (κ3) is 4.78. The summed E-state index contributed by atoms with van der Waals surface area (Å²) in [5, 5.41) is 10.8. The minimum atomic E-state index is -0.496. The maximum atomic E-state index is 14.6. The van der Waals surface area contributed by atoms with Crippen molar-refractivity contribution in [2.24, 2.45) is 0 Å². The third-order valence-corrected chi connectivity index (χ3v) is 5.83. The molecule has 1 nitrogen and oxygen atoms in total. The number of phenolic OH excluding ortho intramolecular Hbond substituents is 1. The molecule has 0 atom stereocenters. The van der Waals surface area contributed by atoms with Crippen molar-refractivity contribution in [3.63, 3.8) is 0 Å². The molecular weight excluding hydrogens is 410 g/mol. The van der Waals surface area contributed by atoms with Crippen LogP contribution >= 0.6 is 15.9 Å². The van der Waals surface area contributed by atoms with E-state index in [9.17, 15) is 13.9 Å². The Morgan fingerprint density at radius 3 is 2.37 bits per heavy atom. The van der Waals surface area contributed by atoms with Gasteiger partial charge in [-0.25, -0.2) is 8.78 Å². The van der Waals surface area contributed by atoms with Crippen LogP contribution in [-0.4, -0.2) is 10.4 Å². The van der Waals surface area contributed by atoms with E-state index in [1.54, 1.807) is 0 Å². The molecule has 0 saturated carbocycles. The van der Waals surface area contributed by atoms with Crippen molar-refractivity contribution >= 4 is 27.1 Å². The monoisotopic (exact) mass is 434 g/mol. The van der Waals surface area contributed by atoms with Crippen LogP contribution in [0.25, 0.3) is 11.1 Å². The first-order valence-corrected chi connectivity index (χ1v) is 10.8. The number of allylic oxidation sites excluding steroid dienone is 2. The highest BCUT2D eigenvalue weighted by molar-refractivity contribution is 9.09. The second kappa shape index (κ2) is 9.50. The molecule has 0 amide bonds. The highest BCUT2D eigenvalue weighted by atomic mass is 79.9. The number of alkyl halides is 1. The number of rotatable bonds is 7. The lowest BCUT2D eigenvalue weighted by Gasteiger charge is -2.17. The second-order valence-electron chi connectivity index (χ2n) is 7.10. The standard InChI is InChI=1S/C23H25BrF2O/c24-15-4-2-1-3-6-19-18(16-9-11-17(25)12-10-16)7-5-8-21-20(19)13-14-22(27)23(21)26/h9-14,27H,1-8,15H2. The molecule has 0 aromatic heterocycles. The number of halogens is 3. The van der Waals surface area contributed by atoms with E-state index in [1.807, 2.05) is 18.2 Å². The quantitative estimate of drug-likeness (QED) is 0.358. The molecule has 4 heteroatoms. The first-order chi connectivity index (χ1) is 13.1. The van der Waals surface area contributed by atoms with E-state index in [0.717, 1.165) is 60.6 Å². The number of fused-ring (bicyclic) bond motifs is 1. The molecule has 27 heavy (non-hydrogen) atoms. The molecule has 0 aliphatic heterocycles. The smallest absolute Gasteiger partial charge is 0.168 e. The van der Waals surface area contributed by atoms with Gasteiger partial charge in [0.05, 0.1) is 0 Å². The van der Waals surface area contributed by atoms with Gasteiger partial charge in [-0.1, -0.05) is 47.0 Å². The molecular formula is C23H25BrF2O. The highest BCUT2D eigenvalue weighted by Crippen LogP contribution is 2.40. The van der Waals surface area contributed by atoms with Gasteiger partial charge in [-0.05, 0) is 84.6 Å².